The molecule has 3 nitrogen and oxygen atoms in total. The maximum Gasteiger partial charge on any atom is 0.488 e. The van der Waals surface area contributed by atoms with Crippen LogP contribution in [0.15, 0.2) is 42.5 Å². The zero-order valence-corrected chi connectivity index (χ0v) is 12.4. The lowest BCUT2D eigenvalue weighted by molar-refractivity contribution is 0.318. The molecule has 0 fully saturated rings. The molecule has 2 aromatic rings. The van der Waals surface area contributed by atoms with Crippen molar-refractivity contribution >= 4 is 24.2 Å². The van der Waals surface area contributed by atoms with Crippen LogP contribution < -0.4 is 5.46 Å². The van der Waals surface area contributed by atoms with Gasteiger partial charge in [-0.2, -0.15) is 0 Å². The fraction of sp³-hybridized carbons (Fsp3) is 0.200. The Morgan fingerprint density at radius 2 is 1.67 bits per heavy atom. The minimum atomic E-state index is -1.67. The third kappa shape index (κ3) is 4.83. The first-order valence-electron chi connectivity index (χ1n) is 6.52. The predicted octanol–water partition coefficient (Wildman–Crippen LogP) is 1.79. The minimum absolute atomic E-state index is 0.157. The van der Waals surface area contributed by atoms with Crippen LogP contribution in [0.3, 0.4) is 0 Å². The summed E-state index contributed by atoms with van der Waals surface area (Å²) in [6.45, 7) is 1.19. The van der Waals surface area contributed by atoms with Gasteiger partial charge in [0, 0.05) is 18.1 Å². The summed E-state index contributed by atoms with van der Waals surface area (Å²) < 4.78 is 13.5. The van der Waals surface area contributed by atoms with Gasteiger partial charge in [0.1, 0.15) is 5.82 Å². The van der Waals surface area contributed by atoms with Crippen LogP contribution in [-0.4, -0.2) is 29.1 Å². The molecule has 0 saturated carbocycles. The van der Waals surface area contributed by atoms with Crippen molar-refractivity contribution in [3.05, 3.63) is 64.4 Å². The third-order valence-electron chi connectivity index (χ3n) is 3.10. The first kappa shape index (κ1) is 16.0. The monoisotopic (exact) mass is 307 g/mol. The van der Waals surface area contributed by atoms with E-state index < -0.39 is 12.9 Å². The van der Waals surface area contributed by atoms with Gasteiger partial charge in [0.15, 0.2) is 0 Å². The average Bonchev–Trinajstić information content (AvgIpc) is 2.40. The van der Waals surface area contributed by atoms with Gasteiger partial charge in [0.2, 0.25) is 0 Å². The zero-order valence-electron chi connectivity index (χ0n) is 11.6. The molecule has 110 valence electrons. The first-order valence-corrected chi connectivity index (χ1v) is 6.90. The van der Waals surface area contributed by atoms with Gasteiger partial charge < -0.3 is 10.0 Å². The molecule has 0 bridgehead atoms. The zero-order chi connectivity index (χ0) is 15.4. The van der Waals surface area contributed by atoms with E-state index in [1.807, 2.05) is 36.2 Å². The fourth-order valence-electron chi connectivity index (χ4n) is 2.18. The van der Waals surface area contributed by atoms with Crippen LogP contribution in [0.5, 0.6) is 0 Å². The molecule has 0 amide bonds. The van der Waals surface area contributed by atoms with E-state index in [9.17, 15) is 4.39 Å². The van der Waals surface area contributed by atoms with Crippen molar-refractivity contribution in [2.75, 3.05) is 7.05 Å². The lowest BCUT2D eigenvalue weighted by Crippen LogP contribution is -2.31. The van der Waals surface area contributed by atoms with Crippen LogP contribution in [0, 0.1) is 5.82 Å². The Bertz CT molecular complexity index is 607. The molecule has 2 N–H and O–H groups in total. The molecule has 6 heteroatoms. The summed E-state index contributed by atoms with van der Waals surface area (Å²) in [6, 6.07) is 11.6. The Hall–Kier alpha value is -1.40. The highest BCUT2D eigenvalue weighted by atomic mass is 35.5. The molecule has 0 saturated heterocycles. The summed E-state index contributed by atoms with van der Waals surface area (Å²) in [6.07, 6.45) is 0. The van der Waals surface area contributed by atoms with Gasteiger partial charge in [-0.3, -0.25) is 4.90 Å². The molecular weight excluding hydrogens is 291 g/mol. The van der Waals surface area contributed by atoms with E-state index in [1.165, 1.54) is 6.07 Å². The fourth-order valence-corrected chi connectivity index (χ4v) is 2.31. The number of nitrogens with zero attached hydrogens (tertiary/aromatic N) is 1. The van der Waals surface area contributed by atoms with E-state index in [0.717, 1.165) is 11.6 Å². The molecule has 2 rings (SSSR count). The van der Waals surface area contributed by atoms with Gasteiger partial charge >= 0.3 is 7.12 Å². The van der Waals surface area contributed by atoms with E-state index >= 15 is 0 Å². The summed E-state index contributed by atoms with van der Waals surface area (Å²) in [4.78, 5) is 2.01. The summed E-state index contributed by atoms with van der Waals surface area (Å²) in [5.74, 6) is -0.476. The van der Waals surface area contributed by atoms with Gasteiger partial charge in [-0.25, -0.2) is 4.39 Å². The smallest absolute Gasteiger partial charge is 0.423 e. The average molecular weight is 308 g/mol. The molecule has 2 aromatic carbocycles. The van der Waals surface area contributed by atoms with Crippen molar-refractivity contribution in [1.29, 1.82) is 0 Å². The molecule has 21 heavy (non-hydrogen) atoms. The normalized spacial score (nSPS) is 11.0. The van der Waals surface area contributed by atoms with E-state index in [1.54, 1.807) is 6.07 Å². The van der Waals surface area contributed by atoms with E-state index in [2.05, 4.69) is 0 Å². The van der Waals surface area contributed by atoms with Crippen molar-refractivity contribution in [3.8, 4) is 0 Å². The summed E-state index contributed by atoms with van der Waals surface area (Å²) >= 11 is 5.84. The quantitative estimate of drug-likeness (QED) is 0.828. The number of rotatable bonds is 5. The van der Waals surface area contributed by atoms with Crippen LogP contribution in [0.1, 0.15) is 11.1 Å². The highest BCUT2D eigenvalue weighted by molar-refractivity contribution is 6.58. The molecule has 0 aliphatic rings. The number of hydrogen-bond acceptors (Lipinski definition) is 3. The number of halogens is 2. The van der Waals surface area contributed by atoms with Crippen molar-refractivity contribution in [2.24, 2.45) is 0 Å². The van der Waals surface area contributed by atoms with Crippen LogP contribution in [0.25, 0.3) is 0 Å². The maximum atomic E-state index is 13.5. The predicted molar refractivity (Wildman–Crippen MR) is 82.8 cm³/mol. The molecule has 0 heterocycles. The highest BCUT2D eigenvalue weighted by Gasteiger charge is 2.14. The molecule has 0 unspecified atom stereocenters. The van der Waals surface area contributed by atoms with Crippen molar-refractivity contribution in [3.63, 3.8) is 0 Å². The highest BCUT2D eigenvalue weighted by Crippen LogP contribution is 2.12. The van der Waals surface area contributed by atoms with E-state index in [0.29, 0.717) is 23.7 Å². The second kappa shape index (κ2) is 7.05. The van der Waals surface area contributed by atoms with Crippen LogP contribution in [0.2, 0.25) is 5.02 Å². The Balaban J connectivity index is 2.05. The lowest BCUT2D eigenvalue weighted by Gasteiger charge is -2.17. The first-order chi connectivity index (χ1) is 9.94. The topological polar surface area (TPSA) is 43.7 Å². The van der Waals surface area contributed by atoms with Crippen LogP contribution >= 0.6 is 11.6 Å². The maximum absolute atomic E-state index is 13.5. The molecule has 0 aliphatic heterocycles. The Morgan fingerprint density at radius 3 is 2.29 bits per heavy atom. The van der Waals surface area contributed by atoms with E-state index in [-0.39, 0.29) is 5.46 Å². The second-order valence-corrected chi connectivity index (χ2v) is 5.50. The van der Waals surface area contributed by atoms with Crippen molar-refractivity contribution < 1.29 is 14.4 Å². The van der Waals surface area contributed by atoms with Crippen molar-refractivity contribution in [1.82, 2.24) is 4.90 Å². The van der Waals surface area contributed by atoms with Gasteiger partial charge in [-0.05, 0) is 47.9 Å². The summed E-state index contributed by atoms with van der Waals surface area (Å²) in [5.41, 5.74) is 1.94. The molecule has 0 radical (unpaired) electrons. The standard InChI is InChI=1S/C15H16BClFNO2/c1-19(9-11-2-4-14(17)5-3-11)10-12-6-13(16(20)21)8-15(18)7-12/h2-8,20-21H,9-10H2,1H3. The summed E-state index contributed by atoms with van der Waals surface area (Å²) in [5, 5.41) is 18.9. The SMILES string of the molecule is CN(Cc1ccc(Cl)cc1)Cc1cc(F)cc(B(O)O)c1. The Morgan fingerprint density at radius 1 is 1.05 bits per heavy atom. The van der Waals surface area contributed by atoms with E-state index in [4.69, 9.17) is 21.6 Å². The van der Waals surface area contributed by atoms with Gasteiger partial charge in [-0.15, -0.1) is 0 Å². The van der Waals surface area contributed by atoms with Crippen LogP contribution in [0.4, 0.5) is 4.39 Å². The van der Waals surface area contributed by atoms with Gasteiger partial charge in [0.05, 0.1) is 0 Å². The van der Waals surface area contributed by atoms with Crippen molar-refractivity contribution in [2.45, 2.75) is 13.1 Å². The Kier molecular flexibility index (Phi) is 5.36. The molecule has 0 atom stereocenters. The minimum Gasteiger partial charge on any atom is -0.423 e. The Labute approximate surface area is 128 Å². The third-order valence-corrected chi connectivity index (χ3v) is 3.35. The summed E-state index contributed by atoms with van der Waals surface area (Å²) in [7, 11) is 0.246. The molecule has 0 spiro atoms. The second-order valence-electron chi connectivity index (χ2n) is 5.07. The van der Waals surface area contributed by atoms with Gasteiger partial charge in [0.25, 0.3) is 0 Å². The van der Waals surface area contributed by atoms with Gasteiger partial charge in [-0.1, -0.05) is 29.8 Å². The number of benzene rings is 2. The van der Waals surface area contributed by atoms with Crippen LogP contribution in [-0.2, 0) is 13.1 Å². The largest absolute Gasteiger partial charge is 0.488 e. The number of hydrogen-bond donors (Lipinski definition) is 2. The molecule has 0 aliphatic carbocycles. The lowest BCUT2D eigenvalue weighted by atomic mass is 9.79. The molecular formula is C15H16BClFNO2. The molecule has 0 aromatic heterocycles.